The third kappa shape index (κ3) is 7.76. The van der Waals surface area contributed by atoms with Gasteiger partial charge in [-0.1, -0.05) is 98.8 Å². The Kier molecular flexibility index (Phi) is 9.17. The molecule has 4 heterocycles. The average Bonchev–Trinajstić information content (AvgIpc) is 3.75. The standard InChI is InChI=1S/C47H48N4/c1-46(25-27-50(34-46)42-19-5-3-6-20-42)32-36-13-9-15-38(29-36)44-23-11-17-40(48-44)31-41-18-12-24-45(49-41)39-16-10-14-37(30-39)33-47(2)26-28-51(35-47)43-21-7-4-8-22-43/h3-24,29-30H,25-28,31-35H2,1-2H3. The van der Waals surface area contributed by atoms with E-state index in [0.717, 1.165) is 61.8 Å². The Morgan fingerprint density at radius 1 is 0.490 bits per heavy atom. The summed E-state index contributed by atoms with van der Waals surface area (Å²) in [5.41, 5.74) is 12.4. The number of aromatic nitrogens is 2. The SMILES string of the molecule is CC1(Cc2cccc(-c3cccc(Cc4cccc(-c5cccc(CC6(C)CCN(c7ccccc7)C6)c5)n4)n3)c2)CCN(c2ccccc2)C1. The molecule has 0 amide bonds. The molecular weight excluding hydrogens is 621 g/mol. The van der Waals surface area contributed by atoms with Crippen molar-refractivity contribution in [1.29, 1.82) is 0 Å². The molecule has 2 saturated heterocycles. The van der Waals surface area contributed by atoms with E-state index in [1.807, 2.05) is 0 Å². The molecule has 2 aromatic heterocycles. The van der Waals surface area contributed by atoms with Crippen LogP contribution in [0.2, 0.25) is 0 Å². The molecule has 4 aromatic carbocycles. The molecule has 0 N–H and O–H groups in total. The van der Waals surface area contributed by atoms with Crippen LogP contribution in [0, 0.1) is 10.8 Å². The highest BCUT2D eigenvalue weighted by Crippen LogP contribution is 2.38. The van der Waals surface area contributed by atoms with E-state index in [1.165, 1.54) is 46.5 Å². The lowest BCUT2D eigenvalue weighted by Crippen LogP contribution is -2.26. The van der Waals surface area contributed by atoms with Gasteiger partial charge in [-0.2, -0.15) is 0 Å². The van der Waals surface area contributed by atoms with Gasteiger partial charge in [-0.15, -0.1) is 0 Å². The van der Waals surface area contributed by atoms with Gasteiger partial charge in [0.15, 0.2) is 0 Å². The van der Waals surface area contributed by atoms with Crippen LogP contribution in [0.4, 0.5) is 11.4 Å². The maximum atomic E-state index is 5.14. The third-order valence-corrected chi connectivity index (χ3v) is 11.0. The van der Waals surface area contributed by atoms with Crippen molar-refractivity contribution in [1.82, 2.24) is 9.97 Å². The minimum Gasteiger partial charge on any atom is -0.371 e. The van der Waals surface area contributed by atoms with Gasteiger partial charge in [0.05, 0.1) is 11.4 Å². The van der Waals surface area contributed by atoms with Crippen molar-refractivity contribution >= 4 is 11.4 Å². The summed E-state index contributed by atoms with van der Waals surface area (Å²) >= 11 is 0. The molecule has 6 aromatic rings. The molecule has 2 atom stereocenters. The first kappa shape index (κ1) is 33.0. The highest BCUT2D eigenvalue weighted by Gasteiger charge is 2.35. The lowest BCUT2D eigenvalue weighted by atomic mass is 9.82. The van der Waals surface area contributed by atoms with Gasteiger partial charge in [0.25, 0.3) is 0 Å². The van der Waals surface area contributed by atoms with Gasteiger partial charge in [0, 0.05) is 66.5 Å². The summed E-state index contributed by atoms with van der Waals surface area (Å²) < 4.78 is 0. The predicted octanol–water partition coefficient (Wildman–Crippen LogP) is 10.3. The van der Waals surface area contributed by atoms with Crippen LogP contribution in [-0.4, -0.2) is 36.1 Å². The number of hydrogen-bond acceptors (Lipinski definition) is 4. The molecule has 51 heavy (non-hydrogen) atoms. The van der Waals surface area contributed by atoms with E-state index in [9.17, 15) is 0 Å². The van der Waals surface area contributed by atoms with Crippen molar-refractivity contribution in [2.75, 3.05) is 36.0 Å². The molecule has 8 rings (SSSR count). The van der Waals surface area contributed by atoms with Crippen LogP contribution < -0.4 is 9.80 Å². The first-order chi connectivity index (χ1) is 24.9. The molecular formula is C47H48N4. The molecule has 0 saturated carbocycles. The largest absolute Gasteiger partial charge is 0.371 e. The van der Waals surface area contributed by atoms with E-state index < -0.39 is 0 Å². The van der Waals surface area contributed by atoms with Gasteiger partial charge in [-0.3, -0.25) is 9.97 Å². The number of nitrogens with zero attached hydrogens (tertiary/aromatic N) is 4. The molecule has 2 aliphatic heterocycles. The van der Waals surface area contributed by atoms with Crippen LogP contribution in [0.1, 0.15) is 49.2 Å². The summed E-state index contributed by atoms with van der Waals surface area (Å²) in [7, 11) is 0. The molecule has 2 unspecified atom stereocenters. The highest BCUT2D eigenvalue weighted by atomic mass is 15.2. The zero-order valence-corrected chi connectivity index (χ0v) is 30.0. The van der Waals surface area contributed by atoms with Gasteiger partial charge in [-0.25, -0.2) is 0 Å². The summed E-state index contributed by atoms with van der Waals surface area (Å²) in [6.07, 6.45) is 5.22. The number of hydrogen-bond donors (Lipinski definition) is 0. The van der Waals surface area contributed by atoms with E-state index in [1.54, 1.807) is 0 Å². The number of benzene rings is 4. The summed E-state index contributed by atoms with van der Waals surface area (Å²) in [5.74, 6) is 0. The predicted molar refractivity (Wildman–Crippen MR) is 212 cm³/mol. The van der Waals surface area contributed by atoms with Crippen LogP contribution in [-0.2, 0) is 19.3 Å². The Hall–Kier alpha value is -5.22. The lowest BCUT2D eigenvalue weighted by molar-refractivity contribution is 0.367. The van der Waals surface area contributed by atoms with Crippen molar-refractivity contribution in [3.63, 3.8) is 0 Å². The second kappa shape index (κ2) is 14.2. The summed E-state index contributed by atoms with van der Waals surface area (Å²) in [5, 5.41) is 0. The van der Waals surface area contributed by atoms with Crippen molar-refractivity contribution in [3.8, 4) is 22.5 Å². The summed E-state index contributed by atoms with van der Waals surface area (Å²) in [4.78, 5) is 15.3. The quantitative estimate of drug-likeness (QED) is 0.145. The first-order valence-corrected chi connectivity index (χ1v) is 18.6. The van der Waals surface area contributed by atoms with E-state index in [0.29, 0.717) is 6.42 Å². The van der Waals surface area contributed by atoms with E-state index in [4.69, 9.17) is 9.97 Å². The Bertz CT molecular complexity index is 1940. The number of rotatable bonds is 10. The van der Waals surface area contributed by atoms with E-state index >= 15 is 0 Å². The molecule has 0 spiro atoms. The maximum Gasteiger partial charge on any atom is 0.0705 e. The maximum absolute atomic E-state index is 5.14. The van der Waals surface area contributed by atoms with Crippen LogP contribution in [0.25, 0.3) is 22.5 Å². The minimum absolute atomic E-state index is 0.248. The smallest absolute Gasteiger partial charge is 0.0705 e. The fourth-order valence-corrected chi connectivity index (χ4v) is 8.38. The van der Waals surface area contributed by atoms with Crippen LogP contribution in [0.3, 0.4) is 0 Å². The monoisotopic (exact) mass is 668 g/mol. The molecule has 4 nitrogen and oxygen atoms in total. The van der Waals surface area contributed by atoms with Gasteiger partial charge in [-0.05, 0) is 108 Å². The summed E-state index contributed by atoms with van der Waals surface area (Å²) in [6, 6.07) is 52.5. The highest BCUT2D eigenvalue weighted by molar-refractivity contribution is 5.62. The Morgan fingerprint density at radius 2 is 0.922 bits per heavy atom. The molecule has 0 aliphatic carbocycles. The van der Waals surface area contributed by atoms with Gasteiger partial charge >= 0.3 is 0 Å². The normalized spacial score (nSPS) is 20.2. The number of pyridine rings is 2. The third-order valence-electron chi connectivity index (χ3n) is 11.0. The van der Waals surface area contributed by atoms with Crippen LogP contribution in [0.5, 0.6) is 0 Å². The number of para-hydroxylation sites is 2. The van der Waals surface area contributed by atoms with Gasteiger partial charge < -0.3 is 9.80 Å². The van der Waals surface area contributed by atoms with Crippen molar-refractivity contribution < 1.29 is 0 Å². The first-order valence-electron chi connectivity index (χ1n) is 18.6. The second-order valence-corrected chi connectivity index (χ2v) is 15.6. The topological polar surface area (TPSA) is 32.3 Å². The fraction of sp³-hybridized carbons (Fsp3) is 0.277. The van der Waals surface area contributed by atoms with E-state index in [-0.39, 0.29) is 10.8 Å². The van der Waals surface area contributed by atoms with Crippen molar-refractivity contribution in [2.45, 2.75) is 46.0 Å². The molecule has 0 radical (unpaired) electrons. The minimum atomic E-state index is 0.248. The van der Waals surface area contributed by atoms with Crippen molar-refractivity contribution in [3.05, 3.63) is 168 Å². The molecule has 4 heteroatoms. The summed E-state index contributed by atoms with van der Waals surface area (Å²) in [6.45, 7) is 9.26. The molecule has 0 bridgehead atoms. The van der Waals surface area contributed by atoms with Gasteiger partial charge in [0.1, 0.15) is 0 Å². The van der Waals surface area contributed by atoms with Crippen LogP contribution in [0.15, 0.2) is 146 Å². The fourth-order valence-electron chi connectivity index (χ4n) is 8.38. The lowest BCUT2D eigenvalue weighted by Gasteiger charge is -2.26. The zero-order valence-electron chi connectivity index (χ0n) is 30.0. The van der Waals surface area contributed by atoms with Gasteiger partial charge in [0.2, 0.25) is 0 Å². The van der Waals surface area contributed by atoms with Crippen molar-refractivity contribution in [2.24, 2.45) is 10.8 Å². The number of anilines is 2. The Morgan fingerprint density at radius 3 is 1.37 bits per heavy atom. The average molecular weight is 669 g/mol. The van der Waals surface area contributed by atoms with E-state index in [2.05, 4.69) is 169 Å². The molecule has 2 fully saturated rings. The Balaban J connectivity index is 0.934. The second-order valence-electron chi connectivity index (χ2n) is 15.6. The molecule has 2 aliphatic rings. The Labute approximate surface area is 303 Å². The molecule has 256 valence electrons. The van der Waals surface area contributed by atoms with Crippen LogP contribution >= 0.6 is 0 Å². The zero-order chi connectivity index (χ0) is 34.7.